The molecule has 0 aliphatic heterocycles. The number of amides is 1. The van der Waals surface area contributed by atoms with E-state index in [2.05, 4.69) is 0 Å². The lowest BCUT2D eigenvalue weighted by molar-refractivity contribution is -0.128. The molecule has 0 saturated carbocycles. The molecule has 0 saturated heterocycles. The molecule has 0 bridgehead atoms. The third-order valence-electron chi connectivity index (χ3n) is 3.00. The van der Waals surface area contributed by atoms with Crippen molar-refractivity contribution in [2.45, 2.75) is 31.6 Å². The Balaban J connectivity index is 2.71. The van der Waals surface area contributed by atoms with Gasteiger partial charge < -0.3 is 9.64 Å². The summed E-state index contributed by atoms with van der Waals surface area (Å²) in [5.74, 6) is 0.687. The summed E-state index contributed by atoms with van der Waals surface area (Å²) in [7, 11) is 5.01. The molecule has 0 fully saturated rings. The smallest absolute Gasteiger partial charge is 0.261 e. The quantitative estimate of drug-likeness (QED) is 0.592. The molecule has 118 valence electrons. The largest absolute Gasteiger partial charge is 0.493 e. The summed E-state index contributed by atoms with van der Waals surface area (Å²) in [5.41, 5.74) is 1.40. The first-order valence-corrected chi connectivity index (χ1v) is 8.82. The number of carbonyl (C=O) groups is 1. The number of nitrogens with zero attached hydrogens (tertiary/aromatic N) is 1. The Bertz CT molecular complexity index is 603. The van der Waals surface area contributed by atoms with Crippen LogP contribution in [0.2, 0.25) is 0 Å². The molecular formula is C14H20ClNO4S. The van der Waals surface area contributed by atoms with Crippen LogP contribution in [-0.4, -0.2) is 39.9 Å². The SMILES string of the molecule is Cc1cc(S(=O)(=O)Cl)cc(C)c1OCCCC(=O)N(C)C. The van der Waals surface area contributed by atoms with Crippen LogP contribution in [0.4, 0.5) is 0 Å². The average molecular weight is 334 g/mol. The molecule has 0 aliphatic carbocycles. The molecule has 0 unspecified atom stereocenters. The van der Waals surface area contributed by atoms with E-state index < -0.39 is 9.05 Å². The van der Waals surface area contributed by atoms with Crippen LogP contribution < -0.4 is 4.74 Å². The number of rotatable bonds is 6. The molecule has 0 radical (unpaired) electrons. The molecule has 0 atom stereocenters. The fourth-order valence-corrected chi connectivity index (χ4v) is 2.80. The number of hydrogen-bond acceptors (Lipinski definition) is 4. The monoisotopic (exact) mass is 333 g/mol. The molecule has 0 aliphatic rings. The molecule has 1 aromatic carbocycles. The predicted octanol–water partition coefficient (Wildman–Crippen LogP) is 2.48. The number of halogens is 1. The zero-order valence-corrected chi connectivity index (χ0v) is 14.2. The van der Waals surface area contributed by atoms with Crippen molar-refractivity contribution in [1.82, 2.24) is 4.90 Å². The van der Waals surface area contributed by atoms with Gasteiger partial charge >= 0.3 is 0 Å². The lowest BCUT2D eigenvalue weighted by Gasteiger charge is -2.14. The highest BCUT2D eigenvalue weighted by molar-refractivity contribution is 8.13. The summed E-state index contributed by atoms with van der Waals surface area (Å²) in [5, 5.41) is 0. The zero-order valence-electron chi connectivity index (χ0n) is 12.6. The Labute approximate surface area is 130 Å². The number of hydrogen-bond donors (Lipinski definition) is 0. The Kier molecular flexibility index (Phi) is 6.04. The van der Waals surface area contributed by atoms with Crippen molar-refractivity contribution >= 4 is 25.6 Å². The third kappa shape index (κ3) is 5.21. The number of carbonyl (C=O) groups excluding carboxylic acids is 1. The zero-order chi connectivity index (χ0) is 16.2. The third-order valence-corrected chi connectivity index (χ3v) is 4.33. The van der Waals surface area contributed by atoms with Crippen LogP contribution in [0, 0.1) is 13.8 Å². The maximum absolute atomic E-state index is 11.4. The predicted molar refractivity (Wildman–Crippen MR) is 82.4 cm³/mol. The molecule has 21 heavy (non-hydrogen) atoms. The minimum Gasteiger partial charge on any atom is -0.493 e. The van der Waals surface area contributed by atoms with E-state index in [0.29, 0.717) is 36.3 Å². The average Bonchev–Trinajstić information content (AvgIpc) is 2.35. The first-order valence-electron chi connectivity index (χ1n) is 6.51. The van der Waals surface area contributed by atoms with Crippen molar-refractivity contribution in [3.05, 3.63) is 23.3 Å². The summed E-state index contributed by atoms with van der Waals surface area (Å²) in [6, 6.07) is 2.96. The second kappa shape index (κ2) is 7.13. The standard InChI is InChI=1S/C14H20ClNO4S/c1-10-8-12(21(15,18)19)9-11(2)14(10)20-7-5-6-13(17)16(3)4/h8-9H,5-7H2,1-4H3. The first-order chi connectivity index (χ1) is 9.62. The molecule has 7 heteroatoms. The molecule has 0 spiro atoms. The maximum atomic E-state index is 11.4. The minimum absolute atomic E-state index is 0.0515. The Morgan fingerprint density at radius 3 is 2.19 bits per heavy atom. The van der Waals surface area contributed by atoms with Gasteiger partial charge in [0.05, 0.1) is 11.5 Å². The summed E-state index contributed by atoms with van der Waals surface area (Å²) >= 11 is 0. The highest BCUT2D eigenvalue weighted by Gasteiger charge is 2.15. The minimum atomic E-state index is -3.74. The van der Waals surface area contributed by atoms with Crippen LogP contribution in [0.1, 0.15) is 24.0 Å². The van der Waals surface area contributed by atoms with Gasteiger partial charge in [0.15, 0.2) is 0 Å². The molecule has 0 heterocycles. The second-order valence-electron chi connectivity index (χ2n) is 5.06. The van der Waals surface area contributed by atoms with Gasteiger partial charge in [0.1, 0.15) is 5.75 Å². The lowest BCUT2D eigenvalue weighted by Crippen LogP contribution is -2.21. The molecular weight excluding hydrogens is 314 g/mol. The Morgan fingerprint density at radius 2 is 1.76 bits per heavy atom. The summed E-state index contributed by atoms with van der Waals surface area (Å²) in [4.78, 5) is 13.0. The van der Waals surface area contributed by atoms with Crippen LogP contribution in [0.25, 0.3) is 0 Å². The summed E-state index contributed by atoms with van der Waals surface area (Å²) in [6.45, 7) is 3.92. The second-order valence-corrected chi connectivity index (χ2v) is 7.63. The Morgan fingerprint density at radius 1 is 1.24 bits per heavy atom. The van der Waals surface area contributed by atoms with E-state index in [1.54, 1.807) is 27.9 Å². The van der Waals surface area contributed by atoms with Gasteiger partial charge in [-0.05, 0) is 43.5 Å². The van der Waals surface area contributed by atoms with Crippen LogP contribution in [0.5, 0.6) is 5.75 Å². The van der Waals surface area contributed by atoms with E-state index in [1.807, 2.05) is 0 Å². The molecule has 0 N–H and O–H groups in total. The van der Waals surface area contributed by atoms with Crippen molar-refractivity contribution in [3.63, 3.8) is 0 Å². The molecule has 1 aromatic rings. The van der Waals surface area contributed by atoms with Gasteiger partial charge in [0.25, 0.3) is 9.05 Å². The fraction of sp³-hybridized carbons (Fsp3) is 0.500. The first kappa shape index (κ1) is 17.8. The van der Waals surface area contributed by atoms with Gasteiger partial charge in [-0.1, -0.05) is 0 Å². The van der Waals surface area contributed by atoms with Crippen LogP contribution in [0.3, 0.4) is 0 Å². The molecule has 5 nitrogen and oxygen atoms in total. The van der Waals surface area contributed by atoms with Crippen molar-refractivity contribution in [2.75, 3.05) is 20.7 Å². The van der Waals surface area contributed by atoms with E-state index in [9.17, 15) is 13.2 Å². The van der Waals surface area contributed by atoms with Gasteiger partial charge in [-0.3, -0.25) is 4.79 Å². The van der Waals surface area contributed by atoms with Crippen molar-refractivity contribution in [1.29, 1.82) is 0 Å². The number of ether oxygens (including phenoxy) is 1. The van der Waals surface area contributed by atoms with E-state index in [0.717, 1.165) is 0 Å². The van der Waals surface area contributed by atoms with Crippen molar-refractivity contribution in [3.8, 4) is 5.75 Å². The van der Waals surface area contributed by atoms with Crippen LogP contribution >= 0.6 is 10.7 Å². The van der Waals surface area contributed by atoms with Gasteiger partial charge in [0.2, 0.25) is 5.91 Å². The van der Waals surface area contributed by atoms with Crippen LogP contribution in [-0.2, 0) is 13.8 Å². The number of aryl methyl sites for hydroxylation is 2. The van der Waals surface area contributed by atoms with Crippen LogP contribution in [0.15, 0.2) is 17.0 Å². The van der Waals surface area contributed by atoms with E-state index in [4.69, 9.17) is 15.4 Å². The normalized spacial score (nSPS) is 11.3. The topological polar surface area (TPSA) is 63.7 Å². The van der Waals surface area contributed by atoms with Crippen molar-refractivity contribution in [2.24, 2.45) is 0 Å². The highest BCUT2D eigenvalue weighted by Crippen LogP contribution is 2.28. The van der Waals surface area contributed by atoms with Gasteiger partial charge in [-0.15, -0.1) is 0 Å². The molecule has 1 rings (SSSR count). The van der Waals surface area contributed by atoms with Crippen molar-refractivity contribution < 1.29 is 17.9 Å². The fourth-order valence-electron chi connectivity index (χ4n) is 1.90. The summed E-state index contributed by atoms with van der Waals surface area (Å²) < 4.78 is 28.3. The van der Waals surface area contributed by atoms with E-state index in [-0.39, 0.29) is 10.8 Å². The molecule has 0 aromatic heterocycles. The highest BCUT2D eigenvalue weighted by atomic mass is 35.7. The van der Waals surface area contributed by atoms with Gasteiger partial charge in [0, 0.05) is 31.2 Å². The molecule has 1 amide bonds. The summed E-state index contributed by atoms with van der Waals surface area (Å²) in [6.07, 6.45) is 1.02. The Hall–Kier alpha value is -1.27. The maximum Gasteiger partial charge on any atom is 0.261 e. The van der Waals surface area contributed by atoms with E-state index >= 15 is 0 Å². The van der Waals surface area contributed by atoms with Gasteiger partial charge in [-0.25, -0.2) is 8.42 Å². The van der Waals surface area contributed by atoms with E-state index in [1.165, 1.54) is 17.0 Å². The number of benzene rings is 1. The lowest BCUT2D eigenvalue weighted by atomic mass is 10.1. The van der Waals surface area contributed by atoms with Gasteiger partial charge in [-0.2, -0.15) is 0 Å².